The van der Waals surface area contributed by atoms with Gasteiger partial charge in [0.25, 0.3) is 0 Å². The first-order valence-corrected chi connectivity index (χ1v) is 5.39. The maximum Gasteiger partial charge on any atom is 0.314 e. The topological polar surface area (TPSA) is 69.4 Å². The molecule has 0 radical (unpaired) electrons. The van der Waals surface area contributed by atoms with Gasteiger partial charge < -0.3 is 4.74 Å². The van der Waals surface area contributed by atoms with Crippen LogP contribution in [0.25, 0.3) is 0 Å². The van der Waals surface area contributed by atoms with Crippen molar-refractivity contribution in [1.29, 1.82) is 0 Å². The van der Waals surface area contributed by atoms with Crippen molar-refractivity contribution in [3.63, 3.8) is 0 Å². The molecule has 0 N–H and O–H groups in total. The SMILES string of the molecule is O=Cc1c(F)cccc1Oc1c(F)cccc1[N+](=O)[O-]. The maximum atomic E-state index is 13.6. The highest BCUT2D eigenvalue weighted by molar-refractivity contribution is 5.80. The smallest absolute Gasteiger partial charge is 0.314 e. The molecule has 5 nitrogen and oxygen atoms in total. The van der Waals surface area contributed by atoms with Gasteiger partial charge in [0.2, 0.25) is 5.75 Å². The zero-order valence-corrected chi connectivity index (χ0v) is 9.88. The second kappa shape index (κ2) is 5.43. The molecule has 0 bridgehead atoms. The van der Waals surface area contributed by atoms with Gasteiger partial charge in [-0.1, -0.05) is 12.1 Å². The predicted octanol–water partition coefficient (Wildman–Crippen LogP) is 3.48. The molecule has 0 spiro atoms. The van der Waals surface area contributed by atoms with Crippen LogP contribution < -0.4 is 4.74 Å². The number of ether oxygens (including phenoxy) is 1. The fraction of sp³-hybridized carbons (Fsp3) is 0. The van der Waals surface area contributed by atoms with Crippen molar-refractivity contribution in [2.75, 3.05) is 0 Å². The lowest BCUT2D eigenvalue weighted by atomic mass is 10.2. The third kappa shape index (κ3) is 2.46. The first-order chi connectivity index (χ1) is 9.54. The van der Waals surface area contributed by atoms with Gasteiger partial charge in [-0.3, -0.25) is 14.9 Å². The summed E-state index contributed by atoms with van der Waals surface area (Å²) in [5.74, 6) is -2.82. The second-order valence-corrected chi connectivity index (χ2v) is 3.72. The Morgan fingerprint density at radius 2 is 1.75 bits per heavy atom. The molecule has 0 amide bonds. The molecule has 0 fully saturated rings. The van der Waals surface area contributed by atoms with Crippen molar-refractivity contribution in [1.82, 2.24) is 0 Å². The number of carbonyl (C=O) groups is 1. The van der Waals surface area contributed by atoms with Crippen LogP contribution in [0, 0.1) is 21.7 Å². The normalized spacial score (nSPS) is 10.1. The molecule has 102 valence electrons. The van der Waals surface area contributed by atoms with E-state index < -0.39 is 33.6 Å². The predicted molar refractivity (Wildman–Crippen MR) is 64.9 cm³/mol. The fourth-order valence-electron chi connectivity index (χ4n) is 1.57. The van der Waals surface area contributed by atoms with Gasteiger partial charge in [0.15, 0.2) is 12.1 Å². The third-order valence-electron chi connectivity index (χ3n) is 2.49. The minimum Gasteiger partial charge on any atom is -0.446 e. The Hall–Kier alpha value is -2.83. The van der Waals surface area contributed by atoms with Crippen LogP contribution in [0.15, 0.2) is 36.4 Å². The summed E-state index contributed by atoms with van der Waals surface area (Å²) in [6.45, 7) is 0. The van der Waals surface area contributed by atoms with Crippen molar-refractivity contribution < 1.29 is 23.2 Å². The van der Waals surface area contributed by atoms with Crippen molar-refractivity contribution in [2.45, 2.75) is 0 Å². The first kappa shape index (κ1) is 13.6. The lowest BCUT2D eigenvalue weighted by molar-refractivity contribution is -0.385. The van der Waals surface area contributed by atoms with E-state index in [4.69, 9.17) is 4.74 Å². The van der Waals surface area contributed by atoms with E-state index >= 15 is 0 Å². The van der Waals surface area contributed by atoms with E-state index in [2.05, 4.69) is 0 Å². The molecule has 0 aliphatic rings. The molecule has 0 atom stereocenters. The lowest BCUT2D eigenvalue weighted by Gasteiger charge is -2.09. The summed E-state index contributed by atoms with van der Waals surface area (Å²) in [5, 5.41) is 10.8. The molecule has 0 unspecified atom stereocenters. The summed E-state index contributed by atoms with van der Waals surface area (Å²) in [6.07, 6.45) is 0.192. The Bertz CT molecular complexity index is 688. The van der Waals surface area contributed by atoms with Gasteiger partial charge >= 0.3 is 5.69 Å². The molecule has 0 saturated carbocycles. The van der Waals surface area contributed by atoms with E-state index in [-0.39, 0.29) is 12.0 Å². The van der Waals surface area contributed by atoms with Crippen LogP contribution >= 0.6 is 0 Å². The van der Waals surface area contributed by atoms with Gasteiger partial charge in [-0.15, -0.1) is 0 Å². The van der Waals surface area contributed by atoms with Crippen molar-refractivity contribution >= 4 is 12.0 Å². The van der Waals surface area contributed by atoms with Crippen molar-refractivity contribution in [3.8, 4) is 11.5 Å². The number of carbonyl (C=O) groups excluding carboxylic acids is 1. The zero-order chi connectivity index (χ0) is 14.7. The molecule has 7 heteroatoms. The molecule has 0 aliphatic carbocycles. The summed E-state index contributed by atoms with van der Waals surface area (Å²) >= 11 is 0. The van der Waals surface area contributed by atoms with E-state index in [0.29, 0.717) is 0 Å². The largest absolute Gasteiger partial charge is 0.446 e. The Morgan fingerprint density at radius 1 is 1.10 bits per heavy atom. The highest BCUT2D eigenvalue weighted by Gasteiger charge is 2.21. The monoisotopic (exact) mass is 279 g/mol. The average Bonchev–Trinajstić information content (AvgIpc) is 2.41. The van der Waals surface area contributed by atoms with E-state index in [1.165, 1.54) is 12.1 Å². The first-order valence-electron chi connectivity index (χ1n) is 5.39. The second-order valence-electron chi connectivity index (χ2n) is 3.72. The van der Waals surface area contributed by atoms with Gasteiger partial charge in [-0.2, -0.15) is 0 Å². The Balaban J connectivity index is 2.53. The Kier molecular flexibility index (Phi) is 3.69. The molecule has 0 heterocycles. The molecular formula is C13H7F2NO4. The molecule has 0 aromatic heterocycles. The van der Waals surface area contributed by atoms with Crippen LogP contribution in [-0.2, 0) is 0 Å². The molecule has 2 aromatic rings. The Morgan fingerprint density at radius 3 is 2.40 bits per heavy atom. The van der Waals surface area contributed by atoms with Gasteiger partial charge in [0.05, 0.1) is 10.5 Å². The number of hydrogen-bond donors (Lipinski definition) is 0. The number of nitro benzene ring substituents is 1. The lowest BCUT2D eigenvalue weighted by Crippen LogP contribution is -1.99. The minimum atomic E-state index is -0.986. The molecule has 2 aromatic carbocycles. The van der Waals surface area contributed by atoms with Crippen LogP contribution in [-0.4, -0.2) is 11.2 Å². The summed E-state index contributed by atoms with van der Waals surface area (Å²) < 4.78 is 32.0. The number of rotatable bonds is 4. The van der Waals surface area contributed by atoms with Gasteiger partial charge in [0, 0.05) is 6.07 Å². The summed E-state index contributed by atoms with van der Waals surface area (Å²) in [5.41, 5.74) is -1.06. The number of benzene rings is 2. The Labute approximate surface area is 111 Å². The summed E-state index contributed by atoms with van der Waals surface area (Å²) in [4.78, 5) is 20.8. The fourth-order valence-corrected chi connectivity index (χ4v) is 1.57. The number of nitro groups is 1. The van der Waals surface area contributed by atoms with E-state index in [1.54, 1.807) is 0 Å². The number of nitrogens with zero attached hydrogens (tertiary/aromatic N) is 1. The van der Waals surface area contributed by atoms with E-state index in [0.717, 1.165) is 24.3 Å². The zero-order valence-electron chi connectivity index (χ0n) is 9.88. The third-order valence-corrected chi connectivity index (χ3v) is 2.49. The molecule has 2 rings (SSSR count). The highest BCUT2D eigenvalue weighted by atomic mass is 19.1. The molecular weight excluding hydrogens is 272 g/mol. The van der Waals surface area contributed by atoms with Gasteiger partial charge in [-0.25, -0.2) is 8.78 Å². The van der Waals surface area contributed by atoms with Crippen LogP contribution in [0.5, 0.6) is 11.5 Å². The minimum absolute atomic E-state index is 0.192. The van der Waals surface area contributed by atoms with Gasteiger partial charge in [-0.05, 0) is 18.2 Å². The summed E-state index contributed by atoms with van der Waals surface area (Å²) in [6, 6.07) is 6.62. The maximum absolute atomic E-state index is 13.6. The average molecular weight is 279 g/mol. The van der Waals surface area contributed by atoms with Crippen LogP contribution in [0.2, 0.25) is 0 Å². The van der Waals surface area contributed by atoms with Crippen molar-refractivity contribution in [3.05, 3.63) is 63.7 Å². The van der Waals surface area contributed by atoms with Gasteiger partial charge in [0.1, 0.15) is 11.6 Å². The summed E-state index contributed by atoms with van der Waals surface area (Å²) in [7, 11) is 0. The van der Waals surface area contributed by atoms with Crippen LogP contribution in [0.3, 0.4) is 0 Å². The number of halogens is 2. The van der Waals surface area contributed by atoms with E-state index in [1.807, 2.05) is 0 Å². The van der Waals surface area contributed by atoms with Crippen molar-refractivity contribution in [2.24, 2.45) is 0 Å². The number of aldehydes is 1. The number of hydrogen-bond acceptors (Lipinski definition) is 4. The number of para-hydroxylation sites is 1. The molecule has 0 aliphatic heterocycles. The molecule has 0 saturated heterocycles. The highest BCUT2D eigenvalue weighted by Crippen LogP contribution is 2.35. The quantitative estimate of drug-likeness (QED) is 0.488. The standard InChI is InChI=1S/C13H7F2NO4/c14-9-3-2-6-12(8(9)7-17)20-13-10(15)4-1-5-11(13)16(18)19/h1-7H. The molecule has 20 heavy (non-hydrogen) atoms. The van der Waals surface area contributed by atoms with Crippen LogP contribution in [0.1, 0.15) is 10.4 Å². The van der Waals surface area contributed by atoms with E-state index in [9.17, 15) is 23.7 Å². The van der Waals surface area contributed by atoms with Crippen LogP contribution in [0.4, 0.5) is 14.5 Å².